The third kappa shape index (κ3) is 2.38. The van der Waals surface area contributed by atoms with Crippen molar-refractivity contribution in [3.8, 4) is 0 Å². The summed E-state index contributed by atoms with van der Waals surface area (Å²) in [5.74, 6) is -0.995. The monoisotopic (exact) mass is 326 g/mol. The summed E-state index contributed by atoms with van der Waals surface area (Å²) < 4.78 is 0. The van der Waals surface area contributed by atoms with Crippen molar-refractivity contribution in [2.24, 2.45) is 0 Å². The average molecular weight is 325 g/mol. The minimum atomic E-state index is -0.995. The van der Waals surface area contributed by atoms with Gasteiger partial charge in [-0.15, -0.1) is 0 Å². The van der Waals surface area contributed by atoms with Crippen LogP contribution in [0.15, 0.2) is 36.4 Å². The fraction of sp³-hybridized carbons (Fsp3) is 0. The van der Waals surface area contributed by atoms with Crippen molar-refractivity contribution in [3.63, 3.8) is 0 Å². The van der Waals surface area contributed by atoms with Gasteiger partial charge in [0.15, 0.2) is 0 Å². The van der Waals surface area contributed by atoms with Gasteiger partial charge in [-0.1, -0.05) is 24.3 Å². The number of aromatic carboxylic acids is 1. The number of rotatable bonds is 1. The van der Waals surface area contributed by atoms with Gasteiger partial charge >= 0.3 is 5.97 Å². The molecule has 1 N–H and O–H groups in total. The van der Waals surface area contributed by atoms with Crippen LogP contribution in [0, 0.1) is 49.4 Å². The number of aromatic nitrogens is 1. The van der Waals surface area contributed by atoms with E-state index < -0.39 is 5.97 Å². The first-order valence-electron chi connectivity index (χ1n) is 3.86. The van der Waals surface area contributed by atoms with Gasteiger partial charge in [-0.25, -0.2) is 9.78 Å². The summed E-state index contributed by atoms with van der Waals surface area (Å²) in [6, 6.07) is 10.7. The zero-order valence-corrected chi connectivity index (χ0v) is 9.57. The summed E-state index contributed by atoms with van der Waals surface area (Å²) in [5, 5.41) is 9.63. The Morgan fingerprint density at radius 1 is 1.14 bits per heavy atom. The molecule has 1 radical (unpaired) electrons. The van der Waals surface area contributed by atoms with Gasteiger partial charge in [0.05, 0.1) is 5.52 Å². The Balaban J connectivity index is 0.000000980. The Labute approximate surface area is 122 Å². The Morgan fingerprint density at radius 3 is 2.57 bits per heavy atom. The fourth-order valence-corrected chi connectivity index (χ4v) is 1.19. The number of carboxylic acids is 1. The number of para-hydroxylation sites is 1. The molecule has 1 aromatic heterocycles. The van der Waals surface area contributed by atoms with Gasteiger partial charge in [-0.3, -0.25) is 0 Å². The summed E-state index contributed by atoms with van der Waals surface area (Å²) >= 11 is 0. The Kier molecular flexibility index (Phi) is 4.17. The molecule has 2 rings (SSSR count). The molecule has 0 saturated heterocycles. The quantitative estimate of drug-likeness (QED) is 0.872. The van der Waals surface area contributed by atoms with Crippen molar-refractivity contribution in [1.29, 1.82) is 0 Å². The number of carbonyl (C=O) groups is 1. The van der Waals surface area contributed by atoms with E-state index in [0.717, 1.165) is 5.39 Å². The van der Waals surface area contributed by atoms with E-state index >= 15 is 0 Å². The van der Waals surface area contributed by atoms with Crippen LogP contribution in [-0.4, -0.2) is 16.1 Å². The minimum absolute atomic E-state index is 0. The van der Waals surface area contributed by atoms with Crippen molar-refractivity contribution >= 4 is 16.9 Å². The van der Waals surface area contributed by atoms with Crippen LogP contribution in [0.25, 0.3) is 10.9 Å². The van der Waals surface area contributed by atoms with E-state index in [0.29, 0.717) is 5.52 Å². The molecule has 1 heterocycles. The molecule has 0 fully saturated rings. The van der Waals surface area contributed by atoms with Crippen LogP contribution in [-0.2, 0) is 0 Å². The third-order valence-electron chi connectivity index (χ3n) is 1.82. The zero-order valence-electron chi connectivity index (χ0n) is 7.14. The normalized spacial score (nSPS) is 9.43. The second-order valence-corrected chi connectivity index (χ2v) is 2.69. The third-order valence-corrected chi connectivity index (χ3v) is 1.82. The number of fused-ring (bicyclic) bond motifs is 1. The topological polar surface area (TPSA) is 50.2 Å². The summed E-state index contributed by atoms with van der Waals surface area (Å²) in [4.78, 5) is 14.6. The second kappa shape index (κ2) is 4.96. The molecule has 0 aliphatic rings. The van der Waals surface area contributed by atoms with E-state index in [1.54, 1.807) is 12.1 Å². The maximum Gasteiger partial charge on any atom is 0.354 e. The number of hydrogen-bond acceptors (Lipinski definition) is 2. The molecular formula is C10H7EuNO2. The van der Waals surface area contributed by atoms with E-state index in [4.69, 9.17) is 5.11 Å². The molecule has 0 atom stereocenters. The zero-order chi connectivity index (χ0) is 9.26. The van der Waals surface area contributed by atoms with E-state index in [1.807, 2.05) is 18.2 Å². The Morgan fingerprint density at radius 2 is 1.86 bits per heavy atom. The summed E-state index contributed by atoms with van der Waals surface area (Å²) in [6.07, 6.45) is 0. The van der Waals surface area contributed by atoms with Crippen LogP contribution in [0.2, 0.25) is 0 Å². The van der Waals surface area contributed by atoms with Crippen LogP contribution < -0.4 is 0 Å². The van der Waals surface area contributed by atoms with Gasteiger partial charge in [0.2, 0.25) is 0 Å². The minimum Gasteiger partial charge on any atom is -0.477 e. The van der Waals surface area contributed by atoms with Crippen molar-refractivity contribution in [2.75, 3.05) is 0 Å². The largest absolute Gasteiger partial charge is 0.477 e. The first-order valence-corrected chi connectivity index (χ1v) is 3.86. The number of benzene rings is 1. The second-order valence-electron chi connectivity index (χ2n) is 2.69. The van der Waals surface area contributed by atoms with Gasteiger partial charge in [-0.2, -0.15) is 0 Å². The molecule has 1 aromatic carbocycles. The smallest absolute Gasteiger partial charge is 0.354 e. The Bertz CT molecular complexity index is 470. The molecule has 0 saturated carbocycles. The van der Waals surface area contributed by atoms with Crippen LogP contribution in [0.5, 0.6) is 0 Å². The molecule has 2 aromatic rings. The van der Waals surface area contributed by atoms with Gasteiger partial charge in [0, 0.05) is 54.8 Å². The SMILES string of the molecule is O=C(O)c1ccc2ccccc2n1.[Eu]. The summed E-state index contributed by atoms with van der Waals surface area (Å²) in [6.45, 7) is 0. The summed E-state index contributed by atoms with van der Waals surface area (Å²) in [5.41, 5.74) is 0.793. The van der Waals surface area contributed by atoms with Crippen molar-refractivity contribution in [2.45, 2.75) is 0 Å². The number of carboxylic acid groups (broad SMARTS) is 1. The van der Waals surface area contributed by atoms with Crippen LogP contribution >= 0.6 is 0 Å². The molecule has 71 valence electrons. The van der Waals surface area contributed by atoms with Crippen molar-refractivity contribution in [1.82, 2.24) is 4.98 Å². The average Bonchev–Trinajstić information content (AvgIpc) is 2.17. The predicted molar refractivity (Wildman–Crippen MR) is 48.7 cm³/mol. The molecule has 0 aliphatic carbocycles. The van der Waals surface area contributed by atoms with E-state index in [-0.39, 0.29) is 55.1 Å². The molecule has 0 bridgehead atoms. The van der Waals surface area contributed by atoms with Gasteiger partial charge < -0.3 is 5.11 Å². The number of hydrogen-bond donors (Lipinski definition) is 1. The molecule has 4 heteroatoms. The van der Waals surface area contributed by atoms with E-state index in [9.17, 15) is 4.79 Å². The van der Waals surface area contributed by atoms with Crippen LogP contribution in [0.1, 0.15) is 10.5 Å². The van der Waals surface area contributed by atoms with Crippen molar-refractivity contribution < 1.29 is 59.3 Å². The molecule has 14 heavy (non-hydrogen) atoms. The molecule has 0 aliphatic heterocycles. The van der Waals surface area contributed by atoms with E-state index in [2.05, 4.69) is 4.98 Å². The molecule has 0 unspecified atom stereocenters. The molecular weight excluding hydrogens is 318 g/mol. The Hall–Kier alpha value is -0.316. The predicted octanol–water partition coefficient (Wildman–Crippen LogP) is 1.93. The maximum absolute atomic E-state index is 10.6. The standard InChI is InChI=1S/C10H7NO2.Eu/c12-10(13)9-6-5-7-3-1-2-4-8(7)11-9;/h1-6H,(H,12,13);. The van der Waals surface area contributed by atoms with Gasteiger partial charge in [0.25, 0.3) is 0 Å². The van der Waals surface area contributed by atoms with Gasteiger partial charge in [-0.05, 0) is 12.1 Å². The molecule has 0 amide bonds. The maximum atomic E-state index is 10.6. The van der Waals surface area contributed by atoms with Crippen LogP contribution in [0.4, 0.5) is 0 Å². The first-order chi connectivity index (χ1) is 6.27. The first kappa shape index (κ1) is 11.8. The fourth-order valence-electron chi connectivity index (χ4n) is 1.19. The van der Waals surface area contributed by atoms with Crippen LogP contribution in [0.3, 0.4) is 0 Å². The van der Waals surface area contributed by atoms with Gasteiger partial charge in [0.1, 0.15) is 5.69 Å². The number of pyridine rings is 1. The molecule has 0 spiro atoms. The molecule has 3 nitrogen and oxygen atoms in total. The number of nitrogens with zero attached hydrogens (tertiary/aromatic N) is 1. The summed E-state index contributed by atoms with van der Waals surface area (Å²) in [7, 11) is 0. The van der Waals surface area contributed by atoms with Crippen molar-refractivity contribution in [3.05, 3.63) is 42.1 Å². The van der Waals surface area contributed by atoms with E-state index in [1.165, 1.54) is 6.07 Å².